The van der Waals surface area contributed by atoms with Crippen LogP contribution in [-0.2, 0) is 5.41 Å². The molecule has 0 aromatic carbocycles. The molecule has 0 aliphatic rings. The Balaban J connectivity index is 2.61. The van der Waals surface area contributed by atoms with Gasteiger partial charge in [-0.15, -0.1) is 0 Å². The molecule has 1 unspecified atom stereocenters. The van der Waals surface area contributed by atoms with Crippen molar-refractivity contribution in [2.75, 3.05) is 5.32 Å². The molecule has 100 valence electrons. The standard InChI is InChI=1S/C13H22N4O/c1-6-9(2)16-12(18)17-10-7-14-11(15-8-10)13(3,4)5/h7-9H,6H2,1-5H3,(H2,16,17,18). The molecule has 2 amide bonds. The van der Waals surface area contributed by atoms with Crippen LogP contribution in [0.15, 0.2) is 12.4 Å². The molecule has 0 aliphatic carbocycles. The van der Waals surface area contributed by atoms with E-state index < -0.39 is 0 Å². The molecule has 5 nitrogen and oxygen atoms in total. The Hall–Kier alpha value is -1.65. The number of hydrogen-bond donors (Lipinski definition) is 2. The minimum atomic E-state index is -0.226. The third kappa shape index (κ3) is 4.31. The lowest BCUT2D eigenvalue weighted by Gasteiger charge is -2.16. The number of anilines is 1. The van der Waals surface area contributed by atoms with Gasteiger partial charge in [0.1, 0.15) is 5.82 Å². The van der Waals surface area contributed by atoms with Gasteiger partial charge in [-0.25, -0.2) is 14.8 Å². The molecule has 0 radical (unpaired) electrons. The van der Waals surface area contributed by atoms with Gasteiger partial charge in [0, 0.05) is 11.5 Å². The summed E-state index contributed by atoms with van der Waals surface area (Å²) in [4.78, 5) is 20.1. The lowest BCUT2D eigenvalue weighted by atomic mass is 9.96. The number of carbonyl (C=O) groups excluding carboxylic acids is 1. The van der Waals surface area contributed by atoms with Crippen LogP contribution >= 0.6 is 0 Å². The van der Waals surface area contributed by atoms with E-state index in [2.05, 4.69) is 20.6 Å². The fourth-order valence-electron chi connectivity index (χ4n) is 1.27. The number of urea groups is 1. The number of rotatable bonds is 3. The highest BCUT2D eigenvalue weighted by Crippen LogP contribution is 2.18. The van der Waals surface area contributed by atoms with Crippen molar-refractivity contribution >= 4 is 11.7 Å². The van der Waals surface area contributed by atoms with E-state index >= 15 is 0 Å². The number of aromatic nitrogens is 2. The van der Waals surface area contributed by atoms with Crippen molar-refractivity contribution in [2.24, 2.45) is 0 Å². The molecule has 2 N–H and O–H groups in total. The molecule has 0 fully saturated rings. The smallest absolute Gasteiger partial charge is 0.319 e. The molecular weight excluding hydrogens is 228 g/mol. The molecule has 18 heavy (non-hydrogen) atoms. The highest BCUT2D eigenvalue weighted by atomic mass is 16.2. The number of carbonyl (C=O) groups is 1. The van der Waals surface area contributed by atoms with Crippen LogP contribution in [0, 0.1) is 0 Å². The van der Waals surface area contributed by atoms with Crippen molar-refractivity contribution in [1.82, 2.24) is 15.3 Å². The summed E-state index contributed by atoms with van der Waals surface area (Å²) in [5.74, 6) is 0.760. The lowest BCUT2D eigenvalue weighted by molar-refractivity contribution is 0.249. The zero-order valence-corrected chi connectivity index (χ0v) is 11.7. The zero-order chi connectivity index (χ0) is 13.8. The number of amides is 2. The third-order valence-electron chi connectivity index (χ3n) is 2.57. The number of hydrogen-bond acceptors (Lipinski definition) is 3. The Bertz CT molecular complexity index is 394. The molecule has 0 aliphatic heterocycles. The van der Waals surface area contributed by atoms with Crippen LogP contribution in [0.3, 0.4) is 0 Å². The van der Waals surface area contributed by atoms with E-state index in [1.54, 1.807) is 12.4 Å². The van der Waals surface area contributed by atoms with Crippen LogP contribution in [-0.4, -0.2) is 22.0 Å². The van der Waals surface area contributed by atoms with Crippen molar-refractivity contribution in [3.63, 3.8) is 0 Å². The minimum absolute atomic E-state index is 0.0858. The van der Waals surface area contributed by atoms with E-state index in [-0.39, 0.29) is 17.5 Å². The summed E-state index contributed by atoms with van der Waals surface area (Å²) in [5.41, 5.74) is 0.515. The summed E-state index contributed by atoms with van der Waals surface area (Å²) in [6, 6.07) is -0.0729. The van der Waals surface area contributed by atoms with Crippen LogP contribution in [0.5, 0.6) is 0 Å². The first-order valence-corrected chi connectivity index (χ1v) is 6.23. The van der Waals surface area contributed by atoms with Gasteiger partial charge in [-0.3, -0.25) is 0 Å². The second-order valence-electron chi connectivity index (χ2n) is 5.45. The molecule has 5 heteroatoms. The first-order valence-electron chi connectivity index (χ1n) is 6.23. The van der Waals surface area contributed by atoms with E-state index in [1.165, 1.54) is 0 Å². The average Bonchev–Trinajstić information content (AvgIpc) is 2.28. The Morgan fingerprint density at radius 3 is 2.33 bits per heavy atom. The molecule has 0 spiro atoms. The van der Waals surface area contributed by atoms with Crippen molar-refractivity contribution in [2.45, 2.75) is 52.5 Å². The molecule has 1 rings (SSSR count). The van der Waals surface area contributed by atoms with E-state index in [9.17, 15) is 4.79 Å². The molecule has 0 saturated carbocycles. The van der Waals surface area contributed by atoms with Crippen LogP contribution < -0.4 is 10.6 Å². The largest absolute Gasteiger partial charge is 0.335 e. The van der Waals surface area contributed by atoms with E-state index in [1.807, 2.05) is 34.6 Å². The Morgan fingerprint density at radius 2 is 1.89 bits per heavy atom. The van der Waals surface area contributed by atoms with Crippen LogP contribution in [0.1, 0.15) is 46.9 Å². The van der Waals surface area contributed by atoms with Gasteiger partial charge >= 0.3 is 6.03 Å². The van der Waals surface area contributed by atoms with Gasteiger partial charge in [-0.2, -0.15) is 0 Å². The molecule has 0 bridgehead atoms. The van der Waals surface area contributed by atoms with Crippen molar-refractivity contribution in [3.05, 3.63) is 18.2 Å². The summed E-state index contributed by atoms with van der Waals surface area (Å²) in [6.07, 6.45) is 4.15. The fraction of sp³-hybridized carbons (Fsp3) is 0.615. The SMILES string of the molecule is CCC(C)NC(=O)Nc1cnc(C(C)(C)C)nc1. The van der Waals surface area contributed by atoms with Crippen molar-refractivity contribution in [3.8, 4) is 0 Å². The highest BCUT2D eigenvalue weighted by Gasteiger charge is 2.16. The first kappa shape index (κ1) is 14.4. The summed E-state index contributed by atoms with van der Waals surface area (Å²) in [7, 11) is 0. The topological polar surface area (TPSA) is 66.9 Å². The Morgan fingerprint density at radius 1 is 1.33 bits per heavy atom. The average molecular weight is 250 g/mol. The number of nitrogens with zero attached hydrogens (tertiary/aromatic N) is 2. The van der Waals surface area contributed by atoms with E-state index in [0.717, 1.165) is 12.2 Å². The quantitative estimate of drug-likeness (QED) is 0.866. The summed E-state index contributed by atoms with van der Waals surface area (Å²) in [6.45, 7) is 10.1. The van der Waals surface area contributed by atoms with Gasteiger partial charge in [0.05, 0.1) is 18.1 Å². The second kappa shape index (κ2) is 5.80. The van der Waals surface area contributed by atoms with E-state index in [4.69, 9.17) is 0 Å². The predicted octanol–water partition coefficient (Wildman–Crippen LogP) is 2.69. The van der Waals surface area contributed by atoms with Gasteiger partial charge in [0.25, 0.3) is 0 Å². The maximum Gasteiger partial charge on any atom is 0.319 e. The van der Waals surface area contributed by atoms with Gasteiger partial charge < -0.3 is 10.6 Å². The normalized spacial score (nSPS) is 12.9. The highest BCUT2D eigenvalue weighted by molar-refractivity contribution is 5.88. The van der Waals surface area contributed by atoms with E-state index in [0.29, 0.717) is 5.69 Å². The predicted molar refractivity (Wildman–Crippen MR) is 72.6 cm³/mol. The molecule has 0 saturated heterocycles. The minimum Gasteiger partial charge on any atom is -0.335 e. The van der Waals surface area contributed by atoms with Crippen LogP contribution in [0.4, 0.5) is 10.5 Å². The van der Waals surface area contributed by atoms with Gasteiger partial charge in [0.2, 0.25) is 0 Å². The van der Waals surface area contributed by atoms with Crippen molar-refractivity contribution in [1.29, 1.82) is 0 Å². The summed E-state index contributed by atoms with van der Waals surface area (Å²) in [5, 5.41) is 5.53. The van der Waals surface area contributed by atoms with Gasteiger partial charge in [0.15, 0.2) is 0 Å². The van der Waals surface area contributed by atoms with Crippen molar-refractivity contribution < 1.29 is 4.79 Å². The van der Waals surface area contributed by atoms with Crippen LogP contribution in [0.25, 0.3) is 0 Å². The molecule has 1 aromatic rings. The lowest BCUT2D eigenvalue weighted by Crippen LogP contribution is -2.35. The summed E-state index contributed by atoms with van der Waals surface area (Å²) >= 11 is 0. The van der Waals surface area contributed by atoms with Crippen LogP contribution in [0.2, 0.25) is 0 Å². The monoisotopic (exact) mass is 250 g/mol. The Labute approximate surface area is 108 Å². The Kier molecular flexibility index (Phi) is 4.64. The molecule has 1 aromatic heterocycles. The molecule has 1 heterocycles. The number of nitrogens with one attached hydrogen (secondary N) is 2. The van der Waals surface area contributed by atoms with Gasteiger partial charge in [-0.05, 0) is 13.3 Å². The maximum absolute atomic E-state index is 11.6. The first-order chi connectivity index (χ1) is 8.32. The maximum atomic E-state index is 11.6. The summed E-state index contributed by atoms with van der Waals surface area (Å²) < 4.78 is 0. The van der Waals surface area contributed by atoms with Gasteiger partial charge in [-0.1, -0.05) is 27.7 Å². The third-order valence-corrected chi connectivity index (χ3v) is 2.57. The fourth-order valence-corrected chi connectivity index (χ4v) is 1.27. The molecular formula is C13H22N4O. The second-order valence-corrected chi connectivity index (χ2v) is 5.45. The zero-order valence-electron chi connectivity index (χ0n) is 11.7. The molecule has 1 atom stereocenters.